The molecule has 4 rings (SSSR count). The minimum Gasteiger partial charge on any atom is -0.352 e. The number of pyridine rings is 1. The molecule has 1 aromatic heterocycles. The minimum absolute atomic E-state index is 0.0710. The molecule has 0 bridgehead atoms. The number of rotatable bonds is 5. The van der Waals surface area contributed by atoms with E-state index in [0.29, 0.717) is 42.8 Å². The average Bonchev–Trinajstić information content (AvgIpc) is 2.83. The van der Waals surface area contributed by atoms with Crippen molar-refractivity contribution >= 4 is 23.4 Å². The van der Waals surface area contributed by atoms with E-state index in [4.69, 9.17) is 11.6 Å². The molecule has 2 aromatic carbocycles. The van der Waals surface area contributed by atoms with E-state index in [1.807, 2.05) is 37.3 Å². The van der Waals surface area contributed by atoms with E-state index in [0.717, 1.165) is 11.1 Å². The topological polar surface area (TPSA) is 62.3 Å². The van der Waals surface area contributed by atoms with Crippen LogP contribution >= 0.6 is 11.6 Å². The summed E-state index contributed by atoms with van der Waals surface area (Å²) in [6.07, 6.45) is 2.85. The number of nitrogens with one attached hydrogen (secondary N) is 1. The third kappa shape index (κ3) is 5.22. The predicted molar refractivity (Wildman–Crippen MR) is 126 cm³/mol. The molecule has 170 valence electrons. The quantitative estimate of drug-likeness (QED) is 0.575. The van der Waals surface area contributed by atoms with Gasteiger partial charge in [0.2, 0.25) is 5.91 Å². The van der Waals surface area contributed by atoms with Crippen molar-refractivity contribution in [3.63, 3.8) is 0 Å². The predicted octanol–water partition coefficient (Wildman–Crippen LogP) is 5.02. The molecule has 33 heavy (non-hydrogen) atoms. The minimum atomic E-state index is -0.411. The van der Waals surface area contributed by atoms with Gasteiger partial charge in [-0.25, -0.2) is 4.39 Å². The number of carbonyl (C=O) groups excluding carboxylic acids is 2. The Labute approximate surface area is 197 Å². The lowest BCUT2D eigenvalue weighted by Crippen LogP contribution is -2.43. The molecule has 1 aliphatic heterocycles. The summed E-state index contributed by atoms with van der Waals surface area (Å²) in [5.74, 6) is -0.743. The first kappa shape index (κ1) is 22.9. The summed E-state index contributed by atoms with van der Waals surface area (Å²) in [6.45, 7) is 3.24. The van der Waals surface area contributed by atoms with Crippen molar-refractivity contribution in [3.8, 4) is 11.3 Å². The van der Waals surface area contributed by atoms with Gasteiger partial charge in [0.05, 0.1) is 11.3 Å². The van der Waals surface area contributed by atoms with Crippen LogP contribution in [-0.2, 0) is 11.3 Å². The standard InChI is InChI=1S/C26H25ClFN3O2/c1-17-5-2-3-6-21(17)24-22(7-4-12-29-24)26(33)31-13-10-18(11-14-31)25(32)30-16-19-8-9-20(28)15-23(19)27/h2-9,12,15,18H,10-11,13-14,16H2,1H3,(H,30,32). The van der Waals surface area contributed by atoms with Gasteiger partial charge in [-0.1, -0.05) is 41.9 Å². The highest BCUT2D eigenvalue weighted by Gasteiger charge is 2.29. The summed E-state index contributed by atoms with van der Waals surface area (Å²) in [5, 5.41) is 3.17. The first-order valence-electron chi connectivity index (χ1n) is 11.0. The van der Waals surface area contributed by atoms with E-state index in [9.17, 15) is 14.0 Å². The molecule has 7 heteroatoms. The molecule has 5 nitrogen and oxygen atoms in total. The second kappa shape index (κ2) is 10.1. The number of piperidine rings is 1. The van der Waals surface area contributed by atoms with Gasteiger partial charge in [-0.3, -0.25) is 14.6 Å². The van der Waals surface area contributed by atoms with Crippen LogP contribution in [0.3, 0.4) is 0 Å². The fraction of sp³-hybridized carbons (Fsp3) is 0.269. The first-order valence-corrected chi connectivity index (χ1v) is 11.3. The molecule has 1 fully saturated rings. The van der Waals surface area contributed by atoms with Crippen LogP contribution in [-0.4, -0.2) is 34.8 Å². The van der Waals surface area contributed by atoms with Crippen molar-refractivity contribution in [1.29, 1.82) is 0 Å². The largest absolute Gasteiger partial charge is 0.352 e. The van der Waals surface area contributed by atoms with Gasteiger partial charge in [-0.2, -0.15) is 0 Å². The summed E-state index contributed by atoms with van der Waals surface area (Å²) in [6, 6.07) is 15.6. The lowest BCUT2D eigenvalue weighted by Gasteiger charge is -2.31. The maximum absolute atomic E-state index is 13.3. The normalized spacial score (nSPS) is 14.2. The van der Waals surface area contributed by atoms with Crippen molar-refractivity contribution < 1.29 is 14.0 Å². The van der Waals surface area contributed by atoms with Crippen LogP contribution in [0.2, 0.25) is 5.02 Å². The Bertz CT molecular complexity index is 1180. The van der Waals surface area contributed by atoms with Crippen LogP contribution in [0.25, 0.3) is 11.3 Å². The monoisotopic (exact) mass is 465 g/mol. The smallest absolute Gasteiger partial charge is 0.256 e. The maximum atomic E-state index is 13.3. The zero-order valence-corrected chi connectivity index (χ0v) is 19.1. The van der Waals surface area contributed by atoms with E-state index in [1.165, 1.54) is 12.1 Å². The SMILES string of the molecule is Cc1ccccc1-c1ncccc1C(=O)N1CCC(C(=O)NCc2ccc(F)cc2Cl)CC1. The van der Waals surface area contributed by atoms with Gasteiger partial charge in [0, 0.05) is 42.3 Å². The number of aryl methyl sites for hydroxylation is 1. The number of carbonyl (C=O) groups is 2. The number of likely N-dealkylation sites (tertiary alicyclic amines) is 1. The fourth-order valence-corrected chi connectivity index (χ4v) is 4.37. The van der Waals surface area contributed by atoms with Gasteiger partial charge in [0.1, 0.15) is 5.82 Å². The fourth-order valence-electron chi connectivity index (χ4n) is 4.14. The summed E-state index contributed by atoms with van der Waals surface area (Å²) in [4.78, 5) is 32.2. The Balaban J connectivity index is 1.38. The number of aromatic nitrogens is 1. The van der Waals surface area contributed by atoms with Crippen LogP contribution in [0.15, 0.2) is 60.8 Å². The highest BCUT2D eigenvalue weighted by Crippen LogP contribution is 2.27. The molecule has 2 amide bonds. The molecule has 3 aromatic rings. The number of hydrogen-bond donors (Lipinski definition) is 1. The second-order valence-electron chi connectivity index (χ2n) is 8.23. The zero-order chi connectivity index (χ0) is 23.4. The van der Waals surface area contributed by atoms with Crippen LogP contribution in [0.1, 0.15) is 34.3 Å². The molecular weight excluding hydrogens is 441 g/mol. The van der Waals surface area contributed by atoms with Crippen molar-refractivity contribution in [2.24, 2.45) is 5.92 Å². The van der Waals surface area contributed by atoms with Crippen LogP contribution in [0, 0.1) is 18.7 Å². The maximum Gasteiger partial charge on any atom is 0.256 e. The molecule has 1 aliphatic rings. The van der Waals surface area contributed by atoms with Crippen molar-refractivity contribution in [2.75, 3.05) is 13.1 Å². The van der Waals surface area contributed by atoms with E-state index >= 15 is 0 Å². The molecule has 0 saturated carbocycles. The van der Waals surface area contributed by atoms with Gasteiger partial charge < -0.3 is 10.2 Å². The molecule has 1 N–H and O–H groups in total. The molecule has 0 aliphatic carbocycles. The Hall–Kier alpha value is -3.25. The lowest BCUT2D eigenvalue weighted by molar-refractivity contribution is -0.126. The Morgan fingerprint density at radius 1 is 1.12 bits per heavy atom. The van der Waals surface area contributed by atoms with Gasteiger partial charge in [0.25, 0.3) is 5.91 Å². The number of halogens is 2. The molecule has 2 heterocycles. The lowest BCUT2D eigenvalue weighted by atomic mass is 9.94. The van der Waals surface area contributed by atoms with Crippen LogP contribution in [0.5, 0.6) is 0 Å². The first-order chi connectivity index (χ1) is 15.9. The van der Waals surface area contributed by atoms with Gasteiger partial charge in [-0.05, 0) is 55.2 Å². The third-order valence-electron chi connectivity index (χ3n) is 6.06. The van der Waals surface area contributed by atoms with E-state index in [-0.39, 0.29) is 29.3 Å². The van der Waals surface area contributed by atoms with Gasteiger partial charge in [-0.15, -0.1) is 0 Å². The van der Waals surface area contributed by atoms with E-state index < -0.39 is 5.82 Å². The molecule has 0 atom stereocenters. The Morgan fingerprint density at radius 3 is 2.61 bits per heavy atom. The van der Waals surface area contributed by atoms with E-state index in [2.05, 4.69) is 10.3 Å². The van der Waals surface area contributed by atoms with Gasteiger partial charge in [0.15, 0.2) is 0 Å². The average molecular weight is 466 g/mol. The van der Waals surface area contributed by atoms with Crippen LogP contribution < -0.4 is 5.32 Å². The molecule has 1 saturated heterocycles. The number of hydrogen-bond acceptors (Lipinski definition) is 3. The van der Waals surface area contributed by atoms with Crippen molar-refractivity contribution in [2.45, 2.75) is 26.3 Å². The summed E-state index contributed by atoms with van der Waals surface area (Å²) < 4.78 is 13.2. The van der Waals surface area contributed by atoms with Crippen molar-refractivity contribution in [1.82, 2.24) is 15.2 Å². The molecular formula is C26H25ClFN3O2. The van der Waals surface area contributed by atoms with Gasteiger partial charge >= 0.3 is 0 Å². The highest BCUT2D eigenvalue weighted by molar-refractivity contribution is 6.31. The van der Waals surface area contributed by atoms with Crippen LogP contribution in [0.4, 0.5) is 4.39 Å². The Kier molecular flexibility index (Phi) is 7.04. The number of nitrogens with zero attached hydrogens (tertiary/aromatic N) is 2. The van der Waals surface area contributed by atoms with E-state index in [1.54, 1.807) is 23.2 Å². The third-order valence-corrected chi connectivity index (χ3v) is 6.41. The summed E-state index contributed by atoms with van der Waals surface area (Å²) in [7, 11) is 0. The summed E-state index contributed by atoms with van der Waals surface area (Å²) >= 11 is 6.04. The zero-order valence-electron chi connectivity index (χ0n) is 18.4. The Morgan fingerprint density at radius 2 is 1.88 bits per heavy atom. The second-order valence-corrected chi connectivity index (χ2v) is 8.64. The van der Waals surface area contributed by atoms with Crippen molar-refractivity contribution in [3.05, 3.63) is 88.3 Å². The number of amides is 2. The highest BCUT2D eigenvalue weighted by atomic mass is 35.5. The number of benzene rings is 2. The molecule has 0 unspecified atom stereocenters. The molecule has 0 radical (unpaired) electrons. The summed E-state index contributed by atoms with van der Waals surface area (Å²) in [5.41, 5.74) is 3.91. The molecule has 0 spiro atoms.